The van der Waals surface area contributed by atoms with Gasteiger partial charge in [-0.1, -0.05) is 60.7 Å². The maximum atomic E-state index is 10.6. The number of aliphatic hydroxyl groups excluding tert-OH is 1. The topological polar surface area (TPSA) is 46.2 Å². The van der Waals surface area contributed by atoms with Crippen molar-refractivity contribution >= 4 is 16.5 Å². The van der Waals surface area contributed by atoms with Gasteiger partial charge < -0.3 is 10.8 Å². The van der Waals surface area contributed by atoms with Crippen molar-refractivity contribution < 1.29 is 5.11 Å². The Bertz CT molecular complexity index is 716. The molecule has 0 saturated carbocycles. The molecule has 2 heteroatoms. The van der Waals surface area contributed by atoms with Crippen LogP contribution in [-0.4, -0.2) is 5.11 Å². The lowest BCUT2D eigenvalue weighted by Gasteiger charge is -2.16. The summed E-state index contributed by atoms with van der Waals surface area (Å²) in [6, 6.07) is 21.4. The van der Waals surface area contributed by atoms with Crippen molar-refractivity contribution in [2.75, 3.05) is 5.73 Å². The number of fused-ring (bicyclic) bond motifs is 1. The fourth-order valence-electron chi connectivity index (χ4n) is 2.42. The van der Waals surface area contributed by atoms with E-state index in [-0.39, 0.29) is 0 Å². The van der Waals surface area contributed by atoms with Gasteiger partial charge in [0.25, 0.3) is 0 Å². The highest BCUT2D eigenvalue weighted by Gasteiger charge is 2.15. The molecule has 3 N–H and O–H groups in total. The third kappa shape index (κ3) is 2.07. The lowest BCUT2D eigenvalue weighted by molar-refractivity contribution is 0.222. The average molecular weight is 249 g/mol. The maximum absolute atomic E-state index is 10.6. The predicted molar refractivity (Wildman–Crippen MR) is 78.9 cm³/mol. The number of hydrogen-bond donors (Lipinski definition) is 2. The summed E-state index contributed by atoms with van der Waals surface area (Å²) in [6.07, 6.45) is -0.702. The van der Waals surface area contributed by atoms with Gasteiger partial charge in [-0.2, -0.15) is 0 Å². The molecule has 3 aromatic carbocycles. The van der Waals surface area contributed by atoms with E-state index in [0.29, 0.717) is 5.69 Å². The van der Waals surface area contributed by atoms with Gasteiger partial charge >= 0.3 is 0 Å². The summed E-state index contributed by atoms with van der Waals surface area (Å²) in [5.74, 6) is 0. The zero-order valence-corrected chi connectivity index (χ0v) is 10.5. The fourth-order valence-corrected chi connectivity index (χ4v) is 2.42. The minimum atomic E-state index is -0.702. The number of aliphatic hydroxyl groups is 1. The van der Waals surface area contributed by atoms with Crippen molar-refractivity contribution in [2.45, 2.75) is 6.10 Å². The van der Waals surface area contributed by atoms with Gasteiger partial charge in [-0.05, 0) is 22.4 Å². The van der Waals surface area contributed by atoms with E-state index in [2.05, 4.69) is 0 Å². The quantitative estimate of drug-likeness (QED) is 0.683. The molecule has 0 heterocycles. The van der Waals surface area contributed by atoms with E-state index >= 15 is 0 Å². The van der Waals surface area contributed by atoms with E-state index in [0.717, 1.165) is 21.9 Å². The molecule has 0 fully saturated rings. The SMILES string of the molecule is Nc1ccccc1C(O)c1cccc2ccccc12. The van der Waals surface area contributed by atoms with Gasteiger partial charge in [0.1, 0.15) is 6.10 Å². The fraction of sp³-hybridized carbons (Fsp3) is 0.0588. The van der Waals surface area contributed by atoms with Crippen LogP contribution < -0.4 is 5.73 Å². The second-order valence-corrected chi connectivity index (χ2v) is 4.60. The highest BCUT2D eigenvalue weighted by molar-refractivity contribution is 5.86. The highest BCUT2D eigenvalue weighted by Crippen LogP contribution is 2.31. The summed E-state index contributed by atoms with van der Waals surface area (Å²) in [4.78, 5) is 0. The van der Waals surface area contributed by atoms with Crippen molar-refractivity contribution in [3.05, 3.63) is 77.9 Å². The summed E-state index contributed by atoms with van der Waals surface area (Å²) in [5.41, 5.74) is 8.19. The van der Waals surface area contributed by atoms with Crippen LogP contribution in [0, 0.1) is 0 Å². The zero-order valence-electron chi connectivity index (χ0n) is 10.5. The smallest absolute Gasteiger partial charge is 0.107 e. The number of hydrogen-bond acceptors (Lipinski definition) is 2. The lowest BCUT2D eigenvalue weighted by atomic mass is 9.95. The van der Waals surface area contributed by atoms with Crippen LogP contribution in [0.5, 0.6) is 0 Å². The third-order valence-electron chi connectivity index (χ3n) is 3.41. The first-order valence-electron chi connectivity index (χ1n) is 6.27. The molecular formula is C17H15NO. The molecule has 0 radical (unpaired) electrons. The van der Waals surface area contributed by atoms with Crippen LogP contribution in [0.15, 0.2) is 66.7 Å². The highest BCUT2D eigenvalue weighted by atomic mass is 16.3. The van der Waals surface area contributed by atoms with E-state index in [1.807, 2.05) is 66.7 Å². The lowest BCUT2D eigenvalue weighted by Crippen LogP contribution is -2.04. The van der Waals surface area contributed by atoms with Crippen LogP contribution in [0.1, 0.15) is 17.2 Å². The molecule has 1 atom stereocenters. The van der Waals surface area contributed by atoms with E-state index in [4.69, 9.17) is 5.73 Å². The Labute approximate surface area is 112 Å². The van der Waals surface area contributed by atoms with Crippen LogP contribution in [0.4, 0.5) is 5.69 Å². The van der Waals surface area contributed by atoms with Gasteiger partial charge in [0.05, 0.1) is 0 Å². The Kier molecular flexibility index (Phi) is 2.94. The van der Waals surface area contributed by atoms with Crippen LogP contribution in [-0.2, 0) is 0 Å². The first kappa shape index (κ1) is 11.8. The molecule has 3 rings (SSSR count). The van der Waals surface area contributed by atoms with Gasteiger partial charge in [-0.25, -0.2) is 0 Å². The minimum Gasteiger partial charge on any atom is -0.398 e. The van der Waals surface area contributed by atoms with E-state index in [1.54, 1.807) is 0 Å². The normalized spacial score (nSPS) is 12.5. The molecule has 94 valence electrons. The summed E-state index contributed by atoms with van der Waals surface area (Å²) >= 11 is 0. The van der Waals surface area contributed by atoms with Crippen LogP contribution in [0.25, 0.3) is 10.8 Å². The Balaban J connectivity index is 2.17. The molecule has 0 saturated heterocycles. The number of para-hydroxylation sites is 1. The van der Waals surface area contributed by atoms with Gasteiger partial charge in [0, 0.05) is 11.3 Å². The molecule has 0 amide bonds. The Morgan fingerprint density at radius 2 is 1.37 bits per heavy atom. The first-order chi connectivity index (χ1) is 9.27. The number of anilines is 1. The van der Waals surface area contributed by atoms with Gasteiger partial charge in [-0.3, -0.25) is 0 Å². The Hall–Kier alpha value is -2.32. The van der Waals surface area contributed by atoms with E-state index in [9.17, 15) is 5.11 Å². The summed E-state index contributed by atoms with van der Waals surface area (Å²) in [5, 5.41) is 12.8. The minimum absolute atomic E-state index is 0.614. The second kappa shape index (κ2) is 4.75. The van der Waals surface area contributed by atoms with Crippen LogP contribution >= 0.6 is 0 Å². The van der Waals surface area contributed by atoms with Gasteiger partial charge in [0.2, 0.25) is 0 Å². The van der Waals surface area contributed by atoms with E-state index in [1.165, 1.54) is 0 Å². The monoisotopic (exact) mass is 249 g/mol. The van der Waals surface area contributed by atoms with Crippen molar-refractivity contribution in [3.8, 4) is 0 Å². The van der Waals surface area contributed by atoms with E-state index < -0.39 is 6.10 Å². The first-order valence-corrected chi connectivity index (χ1v) is 6.27. The molecule has 0 spiro atoms. The third-order valence-corrected chi connectivity index (χ3v) is 3.41. The molecule has 0 aliphatic heterocycles. The summed E-state index contributed by atoms with van der Waals surface area (Å²) in [6.45, 7) is 0. The molecule has 0 aliphatic carbocycles. The Morgan fingerprint density at radius 1 is 0.737 bits per heavy atom. The second-order valence-electron chi connectivity index (χ2n) is 4.60. The van der Waals surface area contributed by atoms with Gasteiger partial charge in [-0.15, -0.1) is 0 Å². The van der Waals surface area contributed by atoms with Crippen LogP contribution in [0.3, 0.4) is 0 Å². The molecule has 19 heavy (non-hydrogen) atoms. The van der Waals surface area contributed by atoms with Gasteiger partial charge in [0.15, 0.2) is 0 Å². The van der Waals surface area contributed by atoms with Crippen molar-refractivity contribution in [1.82, 2.24) is 0 Å². The molecule has 0 aliphatic rings. The summed E-state index contributed by atoms with van der Waals surface area (Å²) < 4.78 is 0. The number of nitrogen functional groups attached to an aromatic ring is 1. The van der Waals surface area contributed by atoms with Crippen molar-refractivity contribution in [3.63, 3.8) is 0 Å². The molecule has 0 aromatic heterocycles. The molecular weight excluding hydrogens is 234 g/mol. The Morgan fingerprint density at radius 3 is 2.21 bits per heavy atom. The molecule has 2 nitrogen and oxygen atoms in total. The average Bonchev–Trinajstić information content (AvgIpc) is 2.46. The molecule has 0 bridgehead atoms. The number of benzene rings is 3. The standard InChI is InChI=1S/C17H15NO/c18-16-11-4-3-9-15(16)17(19)14-10-5-7-12-6-1-2-8-13(12)14/h1-11,17,19H,18H2. The molecule has 1 unspecified atom stereocenters. The molecule has 3 aromatic rings. The largest absolute Gasteiger partial charge is 0.398 e. The van der Waals surface area contributed by atoms with Crippen LogP contribution in [0.2, 0.25) is 0 Å². The number of nitrogens with two attached hydrogens (primary N) is 1. The maximum Gasteiger partial charge on any atom is 0.107 e. The predicted octanol–water partition coefficient (Wildman–Crippen LogP) is 3.50. The van der Waals surface area contributed by atoms with Crippen molar-refractivity contribution in [2.24, 2.45) is 0 Å². The zero-order chi connectivity index (χ0) is 13.2. The summed E-state index contributed by atoms with van der Waals surface area (Å²) in [7, 11) is 0. The number of rotatable bonds is 2. The van der Waals surface area contributed by atoms with Crippen molar-refractivity contribution in [1.29, 1.82) is 0 Å².